The van der Waals surface area contributed by atoms with Crippen LogP contribution in [0.5, 0.6) is 0 Å². The van der Waals surface area contributed by atoms with E-state index in [2.05, 4.69) is 29.2 Å². The van der Waals surface area contributed by atoms with E-state index < -0.39 is 0 Å². The third-order valence-corrected chi connectivity index (χ3v) is 3.16. The topological polar surface area (TPSA) is 27.7 Å². The van der Waals surface area contributed by atoms with Gasteiger partial charge in [-0.25, -0.2) is 0 Å². The van der Waals surface area contributed by atoms with Gasteiger partial charge in [0.1, 0.15) is 0 Å². The molecule has 0 radical (unpaired) electrons. The summed E-state index contributed by atoms with van der Waals surface area (Å²) in [6.45, 7) is 6.62. The highest BCUT2D eigenvalue weighted by Crippen LogP contribution is 2.07. The van der Waals surface area contributed by atoms with Gasteiger partial charge in [-0.1, -0.05) is 0 Å². The molecule has 0 aliphatic carbocycles. The second-order valence-electron chi connectivity index (χ2n) is 4.37. The predicted molar refractivity (Wildman–Crippen MR) is 63.3 cm³/mol. The summed E-state index contributed by atoms with van der Waals surface area (Å²) in [6, 6.07) is 0.703. The molecule has 0 saturated carbocycles. The zero-order chi connectivity index (χ0) is 11.1. The fourth-order valence-corrected chi connectivity index (χ4v) is 1.94. The van der Waals surface area contributed by atoms with Gasteiger partial charge in [-0.05, 0) is 27.1 Å². The van der Waals surface area contributed by atoms with Crippen molar-refractivity contribution in [1.82, 2.24) is 15.1 Å². The van der Waals surface area contributed by atoms with Crippen molar-refractivity contribution in [1.29, 1.82) is 0 Å². The van der Waals surface area contributed by atoms with Gasteiger partial charge in [-0.3, -0.25) is 0 Å². The van der Waals surface area contributed by atoms with Crippen molar-refractivity contribution in [3.8, 4) is 0 Å². The Kier molecular flexibility index (Phi) is 6.17. The number of nitrogens with one attached hydrogen (secondary N) is 1. The Morgan fingerprint density at radius 2 is 2.27 bits per heavy atom. The minimum Gasteiger partial charge on any atom is -0.383 e. The van der Waals surface area contributed by atoms with Crippen LogP contribution in [0.25, 0.3) is 0 Å². The van der Waals surface area contributed by atoms with E-state index in [1.165, 1.54) is 26.1 Å². The molecule has 4 heteroatoms. The highest BCUT2D eigenvalue weighted by Gasteiger charge is 2.20. The molecule has 0 amide bonds. The summed E-state index contributed by atoms with van der Waals surface area (Å²) in [4.78, 5) is 4.86. The first-order valence-electron chi connectivity index (χ1n) is 5.83. The molecule has 90 valence electrons. The summed E-state index contributed by atoms with van der Waals surface area (Å²) in [5.74, 6) is 0. The van der Waals surface area contributed by atoms with Crippen molar-refractivity contribution < 1.29 is 4.74 Å². The lowest BCUT2D eigenvalue weighted by atomic mass is 10.3. The van der Waals surface area contributed by atoms with Crippen LogP contribution >= 0.6 is 0 Å². The third-order valence-electron chi connectivity index (χ3n) is 3.16. The standard InChI is InChI=1S/C11H25N3O/c1-12-11-4-5-14(10-11)7-6-13(2)8-9-15-3/h11-12H,4-10H2,1-3H3. The first-order chi connectivity index (χ1) is 7.26. The lowest BCUT2D eigenvalue weighted by Gasteiger charge is -2.21. The maximum atomic E-state index is 5.05. The molecule has 0 aromatic rings. The summed E-state index contributed by atoms with van der Waals surface area (Å²) in [7, 11) is 5.97. The number of hydrogen-bond donors (Lipinski definition) is 1. The fraction of sp³-hybridized carbons (Fsp3) is 1.00. The molecule has 1 fully saturated rings. The minimum absolute atomic E-state index is 0.703. The molecule has 1 rings (SSSR count). The highest BCUT2D eigenvalue weighted by molar-refractivity contribution is 4.79. The molecule has 0 aromatic carbocycles. The smallest absolute Gasteiger partial charge is 0.0589 e. The van der Waals surface area contributed by atoms with E-state index in [1.807, 2.05) is 0 Å². The lowest BCUT2D eigenvalue weighted by molar-refractivity contribution is 0.154. The Bertz CT molecular complexity index is 166. The van der Waals surface area contributed by atoms with Gasteiger partial charge in [0, 0.05) is 39.3 Å². The normalized spacial score (nSPS) is 22.8. The van der Waals surface area contributed by atoms with E-state index in [-0.39, 0.29) is 0 Å². The number of methoxy groups -OCH3 is 1. The number of ether oxygens (including phenoxy) is 1. The van der Waals surface area contributed by atoms with Crippen LogP contribution in [0.4, 0.5) is 0 Å². The van der Waals surface area contributed by atoms with E-state index in [9.17, 15) is 0 Å². The maximum absolute atomic E-state index is 5.05. The predicted octanol–water partition coefficient (Wildman–Crippen LogP) is -0.142. The quantitative estimate of drug-likeness (QED) is 0.640. The van der Waals surface area contributed by atoms with Crippen LogP contribution in [0.2, 0.25) is 0 Å². The monoisotopic (exact) mass is 215 g/mol. The third kappa shape index (κ3) is 4.93. The van der Waals surface area contributed by atoms with Crippen LogP contribution in [0, 0.1) is 0 Å². The number of rotatable bonds is 7. The molecule has 1 saturated heterocycles. The summed E-state index contributed by atoms with van der Waals surface area (Å²) >= 11 is 0. The van der Waals surface area contributed by atoms with Crippen LogP contribution in [0.15, 0.2) is 0 Å². The van der Waals surface area contributed by atoms with Gasteiger partial charge in [-0.2, -0.15) is 0 Å². The first-order valence-corrected chi connectivity index (χ1v) is 5.83. The van der Waals surface area contributed by atoms with Gasteiger partial charge in [-0.15, -0.1) is 0 Å². The minimum atomic E-state index is 0.703. The summed E-state index contributed by atoms with van der Waals surface area (Å²) < 4.78 is 5.05. The largest absolute Gasteiger partial charge is 0.383 e. The van der Waals surface area contributed by atoms with Gasteiger partial charge in [0.15, 0.2) is 0 Å². The summed E-state index contributed by atoms with van der Waals surface area (Å²) in [5.41, 5.74) is 0. The van der Waals surface area contributed by atoms with Crippen molar-refractivity contribution in [2.24, 2.45) is 0 Å². The molecule has 1 unspecified atom stereocenters. The number of likely N-dealkylation sites (tertiary alicyclic amines) is 1. The zero-order valence-corrected chi connectivity index (χ0v) is 10.3. The Morgan fingerprint density at radius 1 is 1.47 bits per heavy atom. The molecule has 0 aromatic heterocycles. The van der Waals surface area contributed by atoms with E-state index in [1.54, 1.807) is 7.11 Å². The molecule has 1 atom stereocenters. The second kappa shape index (κ2) is 7.17. The molecular formula is C11H25N3O. The molecule has 0 spiro atoms. The van der Waals surface area contributed by atoms with Crippen LogP contribution < -0.4 is 5.32 Å². The van der Waals surface area contributed by atoms with Gasteiger partial charge < -0.3 is 19.9 Å². The molecular weight excluding hydrogens is 190 g/mol. The molecule has 4 nitrogen and oxygen atoms in total. The maximum Gasteiger partial charge on any atom is 0.0589 e. The van der Waals surface area contributed by atoms with E-state index in [0.717, 1.165) is 19.7 Å². The van der Waals surface area contributed by atoms with E-state index in [0.29, 0.717) is 6.04 Å². The van der Waals surface area contributed by atoms with Gasteiger partial charge in [0.2, 0.25) is 0 Å². The first kappa shape index (κ1) is 12.9. The number of nitrogens with zero attached hydrogens (tertiary/aromatic N) is 2. The Labute approximate surface area is 93.6 Å². The molecule has 0 bridgehead atoms. The molecule has 1 aliphatic heterocycles. The molecule has 1 heterocycles. The Hall–Kier alpha value is -0.160. The average Bonchev–Trinajstić information content (AvgIpc) is 2.71. The summed E-state index contributed by atoms with van der Waals surface area (Å²) in [6.07, 6.45) is 1.29. The van der Waals surface area contributed by atoms with E-state index in [4.69, 9.17) is 4.74 Å². The van der Waals surface area contributed by atoms with Crippen LogP contribution in [0.1, 0.15) is 6.42 Å². The lowest BCUT2D eigenvalue weighted by Crippen LogP contribution is -2.35. The SMILES string of the molecule is CNC1CCN(CCN(C)CCOC)C1. The van der Waals surface area contributed by atoms with Crippen molar-refractivity contribution in [3.05, 3.63) is 0 Å². The highest BCUT2D eigenvalue weighted by atomic mass is 16.5. The van der Waals surface area contributed by atoms with Crippen molar-refractivity contribution >= 4 is 0 Å². The number of likely N-dealkylation sites (N-methyl/N-ethyl adjacent to an activating group) is 2. The van der Waals surface area contributed by atoms with Gasteiger partial charge in [0.05, 0.1) is 6.61 Å². The zero-order valence-electron chi connectivity index (χ0n) is 10.3. The van der Waals surface area contributed by atoms with Crippen LogP contribution in [0.3, 0.4) is 0 Å². The molecule has 1 aliphatic rings. The van der Waals surface area contributed by atoms with Crippen molar-refractivity contribution in [2.75, 3.05) is 60.5 Å². The second-order valence-corrected chi connectivity index (χ2v) is 4.37. The van der Waals surface area contributed by atoms with Crippen molar-refractivity contribution in [2.45, 2.75) is 12.5 Å². The molecule has 15 heavy (non-hydrogen) atoms. The summed E-state index contributed by atoms with van der Waals surface area (Å²) in [5, 5.41) is 3.34. The van der Waals surface area contributed by atoms with Crippen LogP contribution in [-0.2, 0) is 4.74 Å². The Balaban J connectivity index is 2.04. The average molecular weight is 215 g/mol. The fourth-order valence-electron chi connectivity index (χ4n) is 1.94. The van der Waals surface area contributed by atoms with Gasteiger partial charge >= 0.3 is 0 Å². The number of hydrogen-bond acceptors (Lipinski definition) is 4. The van der Waals surface area contributed by atoms with Gasteiger partial charge in [0.25, 0.3) is 0 Å². The Morgan fingerprint density at radius 3 is 2.87 bits per heavy atom. The van der Waals surface area contributed by atoms with Crippen LogP contribution in [-0.4, -0.2) is 76.4 Å². The van der Waals surface area contributed by atoms with E-state index >= 15 is 0 Å². The molecule has 1 N–H and O–H groups in total. The van der Waals surface area contributed by atoms with Crippen molar-refractivity contribution in [3.63, 3.8) is 0 Å².